The molecule has 1 aliphatic heterocycles. The maximum Gasteiger partial charge on any atom is 0.280 e. The maximum atomic E-state index is 11.6. The molecule has 0 saturated carbocycles. The number of rotatable bonds is 1. The minimum absolute atomic E-state index is 0.212. The third-order valence-corrected chi connectivity index (χ3v) is 3.61. The van der Waals surface area contributed by atoms with E-state index in [1.54, 1.807) is 17.8 Å². The van der Waals surface area contributed by atoms with Gasteiger partial charge in [0.2, 0.25) is 0 Å². The van der Waals surface area contributed by atoms with E-state index in [-0.39, 0.29) is 5.96 Å². The summed E-state index contributed by atoms with van der Waals surface area (Å²) in [6.07, 6.45) is 2.13. The highest BCUT2D eigenvalue weighted by Crippen LogP contribution is 2.32. The number of amides is 1. The van der Waals surface area contributed by atoms with Crippen molar-refractivity contribution in [2.45, 2.75) is 11.8 Å². The number of carbonyl (C=O) groups excluding carboxylic acids is 1. The van der Waals surface area contributed by atoms with Gasteiger partial charge >= 0.3 is 0 Å². The number of nitrogens with zero attached hydrogens (tertiary/aromatic N) is 1. The summed E-state index contributed by atoms with van der Waals surface area (Å²) >= 11 is 1.72. The van der Waals surface area contributed by atoms with Gasteiger partial charge in [-0.1, -0.05) is 17.7 Å². The lowest BCUT2D eigenvalue weighted by Crippen LogP contribution is -2.24. The molecule has 88 valence electrons. The van der Waals surface area contributed by atoms with Crippen molar-refractivity contribution in [1.82, 2.24) is 0 Å². The second-order valence-corrected chi connectivity index (χ2v) is 4.89. The van der Waals surface area contributed by atoms with E-state index in [1.165, 1.54) is 5.57 Å². The van der Waals surface area contributed by atoms with Gasteiger partial charge in [0, 0.05) is 16.2 Å². The fraction of sp³-hybridized carbons (Fsp3) is 0.167. The molecule has 0 bridgehead atoms. The third kappa shape index (κ3) is 2.68. The molecule has 2 rings (SSSR count). The predicted molar refractivity (Wildman–Crippen MR) is 71.0 cm³/mol. The number of hydrogen-bond acceptors (Lipinski definition) is 2. The molecular weight excluding hydrogens is 234 g/mol. The van der Waals surface area contributed by atoms with Crippen LogP contribution in [0.1, 0.15) is 22.8 Å². The van der Waals surface area contributed by atoms with Gasteiger partial charge in [0.25, 0.3) is 5.91 Å². The van der Waals surface area contributed by atoms with Gasteiger partial charge in [-0.05, 0) is 24.6 Å². The first-order valence-electron chi connectivity index (χ1n) is 5.14. The number of carbonyl (C=O) groups is 1. The Morgan fingerprint density at radius 1 is 1.41 bits per heavy atom. The summed E-state index contributed by atoms with van der Waals surface area (Å²) in [6.45, 7) is 2.09. The number of thioether (sulfide) groups is 1. The van der Waals surface area contributed by atoms with Crippen molar-refractivity contribution < 1.29 is 4.79 Å². The van der Waals surface area contributed by atoms with Crippen molar-refractivity contribution in [2.75, 3.05) is 5.75 Å². The van der Waals surface area contributed by atoms with Gasteiger partial charge in [-0.25, -0.2) is 0 Å². The van der Waals surface area contributed by atoms with Crippen LogP contribution < -0.4 is 11.5 Å². The Hall–Kier alpha value is -1.75. The molecule has 1 aromatic carbocycles. The smallest absolute Gasteiger partial charge is 0.280 e. The van der Waals surface area contributed by atoms with E-state index in [0.717, 1.165) is 16.2 Å². The van der Waals surface area contributed by atoms with Gasteiger partial charge in [-0.2, -0.15) is 4.99 Å². The zero-order valence-corrected chi connectivity index (χ0v) is 10.3. The molecule has 5 heteroatoms. The van der Waals surface area contributed by atoms with Gasteiger partial charge in [0.05, 0.1) is 0 Å². The largest absolute Gasteiger partial charge is 0.370 e. The van der Waals surface area contributed by atoms with Gasteiger partial charge in [-0.3, -0.25) is 4.79 Å². The molecule has 0 aliphatic carbocycles. The van der Waals surface area contributed by atoms with E-state index >= 15 is 0 Å². The molecule has 1 aromatic rings. The number of hydrogen-bond donors (Lipinski definition) is 2. The summed E-state index contributed by atoms with van der Waals surface area (Å²) in [7, 11) is 0. The lowest BCUT2D eigenvalue weighted by Gasteiger charge is -2.13. The molecule has 4 N–H and O–H groups in total. The summed E-state index contributed by atoms with van der Waals surface area (Å²) in [4.78, 5) is 16.2. The van der Waals surface area contributed by atoms with Crippen molar-refractivity contribution in [3.8, 4) is 0 Å². The molecule has 1 aliphatic rings. The van der Waals surface area contributed by atoms with Crippen molar-refractivity contribution in [2.24, 2.45) is 16.5 Å². The third-order valence-electron chi connectivity index (χ3n) is 2.35. The van der Waals surface area contributed by atoms with E-state index in [9.17, 15) is 4.79 Å². The number of nitrogens with two attached hydrogens (primary N) is 2. The van der Waals surface area contributed by atoms with Gasteiger partial charge in [-0.15, -0.1) is 11.8 Å². The van der Waals surface area contributed by atoms with Crippen LogP contribution in [0.15, 0.2) is 33.7 Å². The van der Waals surface area contributed by atoms with Crippen molar-refractivity contribution in [3.63, 3.8) is 0 Å². The number of guanidine groups is 1. The fourth-order valence-corrected chi connectivity index (χ4v) is 2.56. The highest BCUT2D eigenvalue weighted by Gasteiger charge is 2.12. The van der Waals surface area contributed by atoms with E-state index in [2.05, 4.69) is 18.0 Å². The van der Waals surface area contributed by atoms with Crippen LogP contribution in [-0.4, -0.2) is 17.6 Å². The van der Waals surface area contributed by atoms with Crippen molar-refractivity contribution in [3.05, 3.63) is 34.9 Å². The van der Waals surface area contributed by atoms with Crippen LogP contribution >= 0.6 is 11.8 Å². The first-order chi connectivity index (χ1) is 8.06. The first-order valence-corrected chi connectivity index (χ1v) is 6.13. The van der Waals surface area contributed by atoms with E-state index in [4.69, 9.17) is 11.5 Å². The van der Waals surface area contributed by atoms with Crippen molar-refractivity contribution in [1.29, 1.82) is 0 Å². The average molecular weight is 247 g/mol. The lowest BCUT2D eigenvalue weighted by molar-refractivity contribution is 0.100. The summed E-state index contributed by atoms with van der Waals surface area (Å²) in [6, 6.07) is 5.49. The molecule has 0 radical (unpaired) electrons. The molecule has 17 heavy (non-hydrogen) atoms. The molecule has 1 heterocycles. The Labute approximate surface area is 104 Å². The van der Waals surface area contributed by atoms with Crippen LogP contribution in [0.4, 0.5) is 0 Å². The van der Waals surface area contributed by atoms with Crippen LogP contribution in [0, 0.1) is 0 Å². The van der Waals surface area contributed by atoms with Crippen LogP contribution in [0.5, 0.6) is 0 Å². The second kappa shape index (κ2) is 4.63. The fourth-order valence-electron chi connectivity index (χ4n) is 1.59. The normalized spacial score (nSPS) is 13.6. The van der Waals surface area contributed by atoms with Gasteiger partial charge in [0.15, 0.2) is 5.96 Å². The molecular formula is C12H13N3OS. The second-order valence-electron chi connectivity index (χ2n) is 3.87. The Balaban J connectivity index is 2.35. The van der Waals surface area contributed by atoms with Crippen LogP contribution in [0.25, 0.3) is 6.08 Å². The van der Waals surface area contributed by atoms with E-state index in [1.807, 2.05) is 12.1 Å². The predicted octanol–water partition coefficient (Wildman–Crippen LogP) is 1.61. The highest BCUT2D eigenvalue weighted by atomic mass is 32.2. The summed E-state index contributed by atoms with van der Waals surface area (Å²) in [5.74, 6) is 0.336. The molecule has 0 saturated heterocycles. The van der Waals surface area contributed by atoms with Crippen LogP contribution in [0.3, 0.4) is 0 Å². The van der Waals surface area contributed by atoms with E-state index in [0.29, 0.717) is 5.56 Å². The SMILES string of the molecule is CC1=Cc2ccc(C(=O)N=C(N)N)cc2SC1. The molecule has 0 aromatic heterocycles. The standard InChI is InChI=1S/C12H13N3OS/c1-7-4-8-2-3-9(5-10(8)17-6-7)11(16)15-12(13)14/h2-5H,6H2,1H3,(H4,13,14,15,16). The Kier molecular flexibility index (Phi) is 3.19. The molecule has 0 atom stereocenters. The molecule has 4 nitrogen and oxygen atoms in total. The topological polar surface area (TPSA) is 81.5 Å². The van der Waals surface area contributed by atoms with Gasteiger partial charge in [0.1, 0.15) is 0 Å². The number of benzene rings is 1. The Morgan fingerprint density at radius 3 is 2.88 bits per heavy atom. The molecule has 0 spiro atoms. The Morgan fingerprint density at radius 2 is 2.18 bits per heavy atom. The van der Waals surface area contributed by atoms with Crippen molar-refractivity contribution >= 4 is 29.7 Å². The monoisotopic (exact) mass is 247 g/mol. The zero-order valence-electron chi connectivity index (χ0n) is 9.43. The molecule has 1 amide bonds. The lowest BCUT2D eigenvalue weighted by atomic mass is 10.1. The first kappa shape index (κ1) is 11.7. The molecule has 0 unspecified atom stereocenters. The number of aliphatic imine (C=N–C) groups is 1. The Bertz CT molecular complexity index is 531. The van der Waals surface area contributed by atoms with E-state index < -0.39 is 5.91 Å². The minimum atomic E-state index is -0.403. The van der Waals surface area contributed by atoms with Crippen LogP contribution in [0.2, 0.25) is 0 Å². The zero-order chi connectivity index (χ0) is 12.4. The average Bonchev–Trinajstić information content (AvgIpc) is 2.27. The molecule has 0 fully saturated rings. The summed E-state index contributed by atoms with van der Waals surface area (Å²) in [5, 5.41) is 0. The summed E-state index contributed by atoms with van der Waals surface area (Å²) in [5.41, 5.74) is 13.3. The minimum Gasteiger partial charge on any atom is -0.370 e. The van der Waals surface area contributed by atoms with Gasteiger partial charge < -0.3 is 11.5 Å². The summed E-state index contributed by atoms with van der Waals surface area (Å²) < 4.78 is 0. The number of fused-ring (bicyclic) bond motifs is 1. The van der Waals surface area contributed by atoms with Crippen LogP contribution in [-0.2, 0) is 0 Å². The maximum absolute atomic E-state index is 11.6. The highest BCUT2D eigenvalue weighted by molar-refractivity contribution is 7.99. The quantitative estimate of drug-likeness (QED) is 0.583.